The van der Waals surface area contributed by atoms with Crippen LogP contribution < -0.4 is 15.8 Å². The first kappa shape index (κ1) is 32.4. The number of benzene rings is 2. The molecule has 0 spiro atoms. The highest BCUT2D eigenvalue weighted by Gasteiger charge is 2.46. The summed E-state index contributed by atoms with van der Waals surface area (Å²) in [5, 5.41) is 2.97. The predicted octanol–water partition coefficient (Wildman–Crippen LogP) is 4.08. The van der Waals surface area contributed by atoms with Crippen molar-refractivity contribution in [2.45, 2.75) is 70.9 Å². The van der Waals surface area contributed by atoms with Gasteiger partial charge in [0.05, 0.1) is 24.2 Å². The summed E-state index contributed by atoms with van der Waals surface area (Å²) in [7, 11) is 0. The van der Waals surface area contributed by atoms with E-state index in [1.807, 2.05) is 54.6 Å². The molecule has 8 nitrogen and oxygen atoms in total. The Hall–Kier alpha value is -3.10. The van der Waals surface area contributed by atoms with E-state index in [4.69, 9.17) is 15.2 Å². The number of nitrogens with one attached hydrogen (secondary N) is 1. The van der Waals surface area contributed by atoms with E-state index in [-0.39, 0.29) is 49.3 Å². The van der Waals surface area contributed by atoms with Crippen LogP contribution in [0.2, 0.25) is 0 Å². The third kappa shape index (κ3) is 8.23. The molecule has 9 heteroatoms. The van der Waals surface area contributed by atoms with Crippen molar-refractivity contribution in [1.29, 1.82) is 0 Å². The molecule has 224 valence electrons. The molecule has 2 heterocycles. The fourth-order valence-electron chi connectivity index (χ4n) is 5.86. The van der Waals surface area contributed by atoms with Crippen LogP contribution in [0.25, 0.3) is 0 Å². The lowest BCUT2D eigenvalue weighted by Gasteiger charge is -2.42. The number of esters is 1. The number of nitrogens with zero attached hydrogens (tertiary/aromatic N) is 1. The van der Waals surface area contributed by atoms with Crippen LogP contribution in [-0.2, 0) is 32.0 Å². The van der Waals surface area contributed by atoms with Crippen LogP contribution in [-0.4, -0.2) is 60.6 Å². The standard InChI is InChI=1S/C32H43N3O5.ClH/c1-4-39-30(38)32(21-23-11-6-5-7-12-23)16-10-17-35(22-32)28(36)26(34-29(37)31(2,3)33)20-24-15-18-40-27-14-9-8-13-25(27)19-24;/h5-9,11-14,24,26H,4,10,15-22,33H2,1-3H3,(H,34,37);1H/t24?,26-,32?;/m1./s1. The van der Waals surface area contributed by atoms with Gasteiger partial charge in [-0.05, 0) is 82.4 Å². The summed E-state index contributed by atoms with van der Waals surface area (Å²) in [6, 6.07) is 17.0. The van der Waals surface area contributed by atoms with Crippen molar-refractivity contribution in [2.75, 3.05) is 26.3 Å². The Morgan fingerprint density at radius 3 is 2.56 bits per heavy atom. The molecule has 1 fully saturated rings. The molecule has 4 rings (SSSR count). The number of fused-ring (bicyclic) bond motifs is 1. The monoisotopic (exact) mass is 585 g/mol. The third-order valence-corrected chi connectivity index (χ3v) is 8.00. The lowest BCUT2D eigenvalue weighted by Crippen LogP contribution is -2.59. The lowest BCUT2D eigenvalue weighted by molar-refractivity contribution is -0.161. The third-order valence-electron chi connectivity index (χ3n) is 8.00. The van der Waals surface area contributed by atoms with Gasteiger partial charge in [-0.2, -0.15) is 0 Å². The maximum absolute atomic E-state index is 14.2. The molecule has 1 saturated heterocycles. The Bertz CT molecular complexity index is 1190. The number of para-hydroxylation sites is 1. The summed E-state index contributed by atoms with van der Waals surface area (Å²) < 4.78 is 11.5. The predicted molar refractivity (Wildman–Crippen MR) is 161 cm³/mol. The average molecular weight is 586 g/mol. The van der Waals surface area contributed by atoms with Crippen molar-refractivity contribution >= 4 is 30.2 Å². The summed E-state index contributed by atoms with van der Waals surface area (Å²) in [6.07, 6.45) is 3.77. The first-order valence-electron chi connectivity index (χ1n) is 14.4. The van der Waals surface area contributed by atoms with E-state index < -0.39 is 17.0 Å². The maximum Gasteiger partial charge on any atom is 0.314 e. The van der Waals surface area contributed by atoms with Crippen molar-refractivity contribution in [1.82, 2.24) is 10.2 Å². The fourth-order valence-corrected chi connectivity index (χ4v) is 5.86. The molecule has 0 bridgehead atoms. The Labute approximate surface area is 249 Å². The summed E-state index contributed by atoms with van der Waals surface area (Å²) in [4.78, 5) is 42.3. The second-order valence-corrected chi connectivity index (χ2v) is 11.8. The van der Waals surface area contributed by atoms with Gasteiger partial charge in [-0.3, -0.25) is 14.4 Å². The summed E-state index contributed by atoms with van der Waals surface area (Å²) in [5.74, 6) is 0.156. The molecule has 0 radical (unpaired) electrons. The van der Waals surface area contributed by atoms with Gasteiger partial charge in [-0.25, -0.2) is 0 Å². The van der Waals surface area contributed by atoms with Gasteiger partial charge in [-0.1, -0.05) is 48.5 Å². The zero-order valence-electron chi connectivity index (χ0n) is 24.4. The van der Waals surface area contributed by atoms with Crippen LogP contribution in [0.1, 0.15) is 57.6 Å². The molecular weight excluding hydrogens is 542 g/mol. The zero-order valence-corrected chi connectivity index (χ0v) is 25.2. The first-order chi connectivity index (χ1) is 19.1. The molecule has 2 aliphatic heterocycles. The molecule has 0 aromatic heterocycles. The smallest absolute Gasteiger partial charge is 0.314 e. The van der Waals surface area contributed by atoms with Crippen LogP contribution >= 0.6 is 12.4 Å². The molecule has 0 saturated carbocycles. The van der Waals surface area contributed by atoms with Gasteiger partial charge in [0, 0.05) is 13.1 Å². The molecule has 2 aromatic carbocycles. The van der Waals surface area contributed by atoms with E-state index >= 15 is 0 Å². The highest BCUT2D eigenvalue weighted by molar-refractivity contribution is 5.92. The second-order valence-electron chi connectivity index (χ2n) is 11.8. The van der Waals surface area contributed by atoms with E-state index in [1.165, 1.54) is 0 Å². The summed E-state index contributed by atoms with van der Waals surface area (Å²) >= 11 is 0. The van der Waals surface area contributed by atoms with Crippen molar-refractivity contribution in [3.8, 4) is 5.75 Å². The number of rotatable bonds is 9. The number of ether oxygens (including phenoxy) is 2. The van der Waals surface area contributed by atoms with Gasteiger partial charge < -0.3 is 25.4 Å². The molecule has 2 unspecified atom stereocenters. The molecule has 2 aromatic rings. The van der Waals surface area contributed by atoms with Crippen LogP contribution in [0, 0.1) is 11.3 Å². The van der Waals surface area contributed by atoms with E-state index in [0.29, 0.717) is 38.8 Å². The SMILES string of the molecule is CCOC(=O)C1(Cc2ccccc2)CCCN(C(=O)[C@@H](CC2CCOc3ccccc3C2)NC(=O)C(C)(C)N)C1.Cl. The van der Waals surface area contributed by atoms with Gasteiger partial charge >= 0.3 is 5.97 Å². The largest absolute Gasteiger partial charge is 0.493 e. The maximum atomic E-state index is 14.2. The molecule has 3 N–H and O–H groups in total. The molecule has 0 aliphatic carbocycles. The fraction of sp³-hybridized carbons (Fsp3) is 0.531. The van der Waals surface area contributed by atoms with Crippen molar-refractivity contribution in [2.24, 2.45) is 17.1 Å². The van der Waals surface area contributed by atoms with Gasteiger partial charge in [-0.15, -0.1) is 12.4 Å². The van der Waals surface area contributed by atoms with Gasteiger partial charge in [0.25, 0.3) is 0 Å². The number of hydrogen-bond acceptors (Lipinski definition) is 6. The van der Waals surface area contributed by atoms with Gasteiger partial charge in [0.2, 0.25) is 11.8 Å². The Morgan fingerprint density at radius 2 is 1.85 bits per heavy atom. The van der Waals surface area contributed by atoms with E-state index in [0.717, 1.165) is 29.7 Å². The van der Waals surface area contributed by atoms with Crippen molar-refractivity contribution in [3.63, 3.8) is 0 Å². The molecular formula is C32H44ClN3O5. The second kappa shape index (κ2) is 14.2. The van der Waals surface area contributed by atoms with E-state index in [9.17, 15) is 14.4 Å². The average Bonchev–Trinajstić information content (AvgIpc) is 3.14. The Morgan fingerprint density at radius 1 is 1.15 bits per heavy atom. The van der Waals surface area contributed by atoms with Gasteiger partial charge in [0.1, 0.15) is 11.8 Å². The number of hydrogen-bond donors (Lipinski definition) is 2. The van der Waals surface area contributed by atoms with Crippen LogP contribution in [0.3, 0.4) is 0 Å². The minimum Gasteiger partial charge on any atom is -0.493 e. The Kier molecular flexibility index (Phi) is 11.2. The number of likely N-dealkylation sites (tertiary alicyclic amines) is 1. The molecule has 3 atom stereocenters. The van der Waals surface area contributed by atoms with Crippen molar-refractivity contribution in [3.05, 3.63) is 65.7 Å². The van der Waals surface area contributed by atoms with Crippen molar-refractivity contribution < 1.29 is 23.9 Å². The summed E-state index contributed by atoms with van der Waals surface area (Å²) in [5.41, 5.74) is 6.25. The minimum atomic E-state index is -1.14. The normalized spacial score (nSPS) is 21.3. The molecule has 2 amide bonds. The summed E-state index contributed by atoms with van der Waals surface area (Å²) in [6.45, 7) is 6.65. The first-order valence-corrected chi connectivity index (χ1v) is 14.4. The highest BCUT2D eigenvalue weighted by atomic mass is 35.5. The lowest BCUT2D eigenvalue weighted by atomic mass is 9.74. The van der Waals surface area contributed by atoms with E-state index in [1.54, 1.807) is 25.7 Å². The number of carbonyl (C=O) groups is 3. The topological polar surface area (TPSA) is 111 Å². The number of halogens is 1. The number of carbonyl (C=O) groups excluding carboxylic acids is 3. The highest BCUT2D eigenvalue weighted by Crippen LogP contribution is 2.36. The number of amides is 2. The Balaban J connectivity index is 0.00000462. The van der Waals surface area contributed by atoms with E-state index in [2.05, 4.69) is 5.32 Å². The van der Waals surface area contributed by atoms with Crippen LogP contribution in [0.5, 0.6) is 5.75 Å². The zero-order chi connectivity index (χ0) is 28.8. The number of piperidine rings is 1. The molecule has 2 aliphatic rings. The van der Waals surface area contributed by atoms with Crippen LogP contribution in [0.15, 0.2) is 54.6 Å². The van der Waals surface area contributed by atoms with Gasteiger partial charge in [0.15, 0.2) is 0 Å². The molecule has 41 heavy (non-hydrogen) atoms. The minimum absolute atomic E-state index is 0. The number of nitrogens with two attached hydrogens (primary N) is 1. The quantitative estimate of drug-likeness (QED) is 0.429. The van der Waals surface area contributed by atoms with Crippen LogP contribution in [0.4, 0.5) is 0 Å².